The van der Waals surface area contributed by atoms with Gasteiger partial charge in [0, 0.05) is 23.2 Å². The van der Waals surface area contributed by atoms with E-state index in [0.717, 1.165) is 35.7 Å². The van der Waals surface area contributed by atoms with Gasteiger partial charge in [-0.1, -0.05) is 17.8 Å². The lowest BCUT2D eigenvalue weighted by atomic mass is 10.00. The fourth-order valence-corrected chi connectivity index (χ4v) is 4.22. The number of carbonyl (C=O) groups excluding carboxylic acids is 1. The van der Waals surface area contributed by atoms with Crippen LogP contribution in [0.4, 0.5) is 0 Å². The molecule has 4 rings (SSSR count). The minimum Gasteiger partial charge on any atom is -0.348 e. The van der Waals surface area contributed by atoms with Gasteiger partial charge < -0.3 is 14.4 Å². The van der Waals surface area contributed by atoms with Gasteiger partial charge in [0.25, 0.3) is 5.91 Å². The number of hydrogen-bond donors (Lipinski definition) is 0. The van der Waals surface area contributed by atoms with Crippen molar-refractivity contribution in [3.63, 3.8) is 0 Å². The summed E-state index contributed by atoms with van der Waals surface area (Å²) in [5.41, 5.74) is 0.709. The molecule has 2 saturated heterocycles. The van der Waals surface area contributed by atoms with Crippen molar-refractivity contribution >= 4 is 17.7 Å². The van der Waals surface area contributed by atoms with Gasteiger partial charge in [0.05, 0.1) is 19.3 Å². The lowest BCUT2D eigenvalue weighted by molar-refractivity contribution is -0.100. The Hall–Kier alpha value is -1.89. The molecule has 6 heteroatoms. The molecule has 1 amide bonds. The highest BCUT2D eigenvalue weighted by Crippen LogP contribution is 2.28. The quantitative estimate of drug-likeness (QED) is 0.823. The summed E-state index contributed by atoms with van der Waals surface area (Å²) in [6.45, 7) is 1.99. The van der Waals surface area contributed by atoms with Gasteiger partial charge in [-0.3, -0.25) is 4.79 Å². The summed E-state index contributed by atoms with van der Waals surface area (Å²) >= 11 is 1.59. The standard InChI is InChI=1S/C20H22N2O3S/c23-19(22-12-4-2-5-17(22)20-24-13-14-25-20)15-7-9-16(10-8-15)26-18-6-1-3-11-21-18/h1,3,6-11,17,20H,2,4-5,12-14H2. The first-order chi connectivity index (χ1) is 12.8. The molecule has 0 aliphatic carbocycles. The number of likely N-dealkylation sites (tertiary alicyclic amines) is 1. The summed E-state index contributed by atoms with van der Waals surface area (Å²) in [4.78, 5) is 20.3. The zero-order valence-electron chi connectivity index (χ0n) is 14.5. The van der Waals surface area contributed by atoms with Crippen LogP contribution in [0.3, 0.4) is 0 Å². The zero-order valence-corrected chi connectivity index (χ0v) is 15.4. The molecule has 1 atom stereocenters. The van der Waals surface area contributed by atoms with Crippen LogP contribution in [0, 0.1) is 0 Å². The molecule has 136 valence electrons. The number of nitrogens with zero attached hydrogens (tertiary/aromatic N) is 2. The molecule has 5 nitrogen and oxygen atoms in total. The largest absolute Gasteiger partial charge is 0.348 e. The van der Waals surface area contributed by atoms with E-state index < -0.39 is 0 Å². The second kappa shape index (κ2) is 8.20. The topological polar surface area (TPSA) is 51.7 Å². The number of pyridine rings is 1. The molecule has 1 aromatic heterocycles. The normalized spacial score (nSPS) is 21.1. The first-order valence-corrected chi connectivity index (χ1v) is 9.86. The van der Waals surface area contributed by atoms with Crippen LogP contribution in [0.5, 0.6) is 0 Å². The van der Waals surface area contributed by atoms with Gasteiger partial charge in [0.15, 0.2) is 6.29 Å². The third kappa shape index (κ3) is 3.92. The van der Waals surface area contributed by atoms with Crippen LogP contribution < -0.4 is 0 Å². The highest BCUT2D eigenvalue weighted by atomic mass is 32.2. The maximum absolute atomic E-state index is 13.0. The minimum absolute atomic E-state index is 0.0151. The molecule has 0 spiro atoms. The van der Waals surface area contributed by atoms with E-state index in [0.29, 0.717) is 18.8 Å². The molecule has 2 aliphatic rings. The van der Waals surface area contributed by atoms with Crippen molar-refractivity contribution in [3.8, 4) is 0 Å². The van der Waals surface area contributed by atoms with Crippen LogP contribution in [0.25, 0.3) is 0 Å². The Balaban J connectivity index is 1.46. The predicted molar refractivity (Wildman–Crippen MR) is 99.2 cm³/mol. The molecular weight excluding hydrogens is 348 g/mol. The van der Waals surface area contributed by atoms with E-state index >= 15 is 0 Å². The number of amides is 1. The van der Waals surface area contributed by atoms with Crippen molar-refractivity contribution in [2.24, 2.45) is 0 Å². The Morgan fingerprint density at radius 1 is 1.08 bits per heavy atom. The average Bonchev–Trinajstić information content (AvgIpc) is 3.24. The van der Waals surface area contributed by atoms with E-state index in [1.165, 1.54) is 0 Å². The van der Waals surface area contributed by atoms with E-state index in [1.807, 2.05) is 47.4 Å². The zero-order chi connectivity index (χ0) is 17.8. The molecule has 0 saturated carbocycles. The molecule has 0 bridgehead atoms. The highest BCUT2D eigenvalue weighted by Gasteiger charge is 2.36. The molecule has 2 fully saturated rings. The summed E-state index contributed by atoms with van der Waals surface area (Å²) in [5.74, 6) is 0.0585. The van der Waals surface area contributed by atoms with E-state index in [4.69, 9.17) is 9.47 Å². The van der Waals surface area contributed by atoms with Crippen molar-refractivity contribution in [1.82, 2.24) is 9.88 Å². The lowest BCUT2D eigenvalue weighted by Crippen LogP contribution is -2.50. The summed E-state index contributed by atoms with van der Waals surface area (Å²) in [7, 11) is 0. The van der Waals surface area contributed by atoms with Crippen LogP contribution >= 0.6 is 11.8 Å². The lowest BCUT2D eigenvalue weighted by Gasteiger charge is -2.38. The van der Waals surface area contributed by atoms with Crippen LogP contribution in [0.2, 0.25) is 0 Å². The minimum atomic E-state index is -0.279. The second-order valence-corrected chi connectivity index (χ2v) is 7.56. The number of ether oxygens (including phenoxy) is 2. The van der Waals surface area contributed by atoms with Gasteiger partial charge in [0.1, 0.15) is 5.03 Å². The Bertz CT molecular complexity index is 732. The fourth-order valence-electron chi connectivity index (χ4n) is 3.45. The van der Waals surface area contributed by atoms with Crippen molar-refractivity contribution < 1.29 is 14.3 Å². The van der Waals surface area contributed by atoms with E-state index in [9.17, 15) is 4.79 Å². The average molecular weight is 370 g/mol. The van der Waals surface area contributed by atoms with Gasteiger partial charge >= 0.3 is 0 Å². The fraction of sp³-hybridized carbons (Fsp3) is 0.400. The molecule has 2 aliphatic heterocycles. The maximum Gasteiger partial charge on any atom is 0.254 e. The van der Waals surface area contributed by atoms with E-state index in [-0.39, 0.29) is 18.2 Å². The number of hydrogen-bond acceptors (Lipinski definition) is 5. The molecule has 1 aromatic carbocycles. The number of rotatable bonds is 4. The molecule has 26 heavy (non-hydrogen) atoms. The van der Waals surface area contributed by atoms with Gasteiger partial charge in [-0.05, 0) is 55.7 Å². The summed E-state index contributed by atoms with van der Waals surface area (Å²) in [6, 6.07) is 13.6. The van der Waals surface area contributed by atoms with E-state index in [1.54, 1.807) is 18.0 Å². The number of piperidine rings is 1. The highest BCUT2D eigenvalue weighted by molar-refractivity contribution is 7.99. The first kappa shape index (κ1) is 17.5. The molecule has 2 aromatic rings. The van der Waals surface area contributed by atoms with Crippen molar-refractivity contribution in [2.45, 2.75) is 41.5 Å². The predicted octanol–water partition coefficient (Wildman–Crippen LogP) is 3.60. The van der Waals surface area contributed by atoms with E-state index in [2.05, 4.69) is 4.98 Å². The number of benzene rings is 1. The van der Waals surface area contributed by atoms with Gasteiger partial charge in [0.2, 0.25) is 0 Å². The van der Waals surface area contributed by atoms with Crippen LogP contribution in [-0.4, -0.2) is 47.9 Å². The number of aromatic nitrogens is 1. The molecular formula is C20H22N2O3S. The van der Waals surface area contributed by atoms with Crippen molar-refractivity contribution in [3.05, 3.63) is 54.2 Å². The Labute approximate surface area is 157 Å². The van der Waals surface area contributed by atoms with Crippen molar-refractivity contribution in [2.75, 3.05) is 19.8 Å². The van der Waals surface area contributed by atoms with Crippen LogP contribution in [-0.2, 0) is 9.47 Å². The Morgan fingerprint density at radius 2 is 1.88 bits per heavy atom. The van der Waals surface area contributed by atoms with Crippen LogP contribution in [0.15, 0.2) is 58.6 Å². The monoisotopic (exact) mass is 370 g/mol. The smallest absolute Gasteiger partial charge is 0.254 e. The third-order valence-electron chi connectivity index (χ3n) is 4.73. The van der Waals surface area contributed by atoms with Crippen LogP contribution in [0.1, 0.15) is 29.6 Å². The molecule has 1 unspecified atom stereocenters. The molecule has 3 heterocycles. The first-order valence-electron chi connectivity index (χ1n) is 9.04. The van der Waals surface area contributed by atoms with Gasteiger partial charge in [-0.2, -0.15) is 0 Å². The maximum atomic E-state index is 13.0. The van der Waals surface area contributed by atoms with Gasteiger partial charge in [-0.15, -0.1) is 0 Å². The molecule has 0 radical (unpaired) electrons. The number of carbonyl (C=O) groups is 1. The second-order valence-electron chi connectivity index (χ2n) is 6.47. The van der Waals surface area contributed by atoms with Crippen molar-refractivity contribution in [1.29, 1.82) is 0 Å². The summed E-state index contributed by atoms with van der Waals surface area (Å²) < 4.78 is 11.3. The Kier molecular flexibility index (Phi) is 5.53. The SMILES string of the molecule is O=C(c1ccc(Sc2ccccn2)cc1)N1CCCCC1C1OCCO1. The molecule has 0 N–H and O–H groups in total. The summed E-state index contributed by atoms with van der Waals surface area (Å²) in [5, 5.41) is 0.943. The Morgan fingerprint density at radius 3 is 2.62 bits per heavy atom. The van der Waals surface area contributed by atoms with Gasteiger partial charge in [-0.25, -0.2) is 4.98 Å². The third-order valence-corrected chi connectivity index (χ3v) is 5.69. The summed E-state index contributed by atoms with van der Waals surface area (Å²) in [6.07, 6.45) is 4.58.